The SMILES string of the molecule is CC(=O)/C(=C/c1cnc(-c2ccccc2)[nH]1)C(=O)OCCCC1CCCC1. The van der Waals surface area contributed by atoms with Crippen LogP contribution >= 0.6 is 0 Å². The van der Waals surface area contributed by atoms with Crippen molar-refractivity contribution in [1.82, 2.24) is 9.97 Å². The summed E-state index contributed by atoms with van der Waals surface area (Å²) >= 11 is 0. The largest absolute Gasteiger partial charge is 0.462 e. The van der Waals surface area contributed by atoms with Crippen LogP contribution in [-0.4, -0.2) is 28.3 Å². The van der Waals surface area contributed by atoms with Crippen LogP contribution < -0.4 is 0 Å². The van der Waals surface area contributed by atoms with Crippen LogP contribution in [0.5, 0.6) is 0 Å². The second kappa shape index (κ2) is 9.31. The highest BCUT2D eigenvalue weighted by atomic mass is 16.5. The minimum Gasteiger partial charge on any atom is -0.462 e. The lowest BCUT2D eigenvalue weighted by molar-refractivity contribution is -0.140. The molecule has 1 aromatic heterocycles. The van der Waals surface area contributed by atoms with Crippen molar-refractivity contribution in [2.45, 2.75) is 45.4 Å². The Morgan fingerprint density at radius 1 is 1.22 bits per heavy atom. The van der Waals surface area contributed by atoms with Gasteiger partial charge in [0.2, 0.25) is 0 Å². The molecular formula is C22H26N2O3. The number of aromatic nitrogens is 2. The van der Waals surface area contributed by atoms with Crippen molar-refractivity contribution in [1.29, 1.82) is 0 Å². The normalized spacial score (nSPS) is 15.1. The quantitative estimate of drug-likeness (QED) is 0.244. The van der Waals surface area contributed by atoms with Gasteiger partial charge in [0.05, 0.1) is 18.5 Å². The molecule has 0 atom stereocenters. The molecular weight excluding hydrogens is 340 g/mol. The van der Waals surface area contributed by atoms with E-state index in [2.05, 4.69) is 9.97 Å². The number of ether oxygens (including phenoxy) is 1. The third-order valence-corrected chi connectivity index (χ3v) is 5.01. The van der Waals surface area contributed by atoms with Gasteiger partial charge >= 0.3 is 5.97 Å². The van der Waals surface area contributed by atoms with E-state index < -0.39 is 5.97 Å². The summed E-state index contributed by atoms with van der Waals surface area (Å²) in [4.78, 5) is 31.7. The molecule has 1 aliphatic carbocycles. The molecule has 0 aliphatic heterocycles. The molecule has 0 radical (unpaired) electrons. The van der Waals surface area contributed by atoms with Gasteiger partial charge < -0.3 is 9.72 Å². The van der Waals surface area contributed by atoms with E-state index in [0.717, 1.165) is 24.3 Å². The first-order valence-corrected chi connectivity index (χ1v) is 9.63. The van der Waals surface area contributed by atoms with Crippen molar-refractivity contribution in [3.05, 3.63) is 47.8 Å². The fraction of sp³-hybridized carbons (Fsp3) is 0.409. The zero-order valence-corrected chi connectivity index (χ0v) is 15.7. The number of imidazole rings is 1. The summed E-state index contributed by atoms with van der Waals surface area (Å²) in [6, 6.07) is 9.67. The molecule has 0 amide bonds. The van der Waals surface area contributed by atoms with Crippen LogP contribution in [0.25, 0.3) is 17.5 Å². The fourth-order valence-electron chi connectivity index (χ4n) is 3.52. The molecule has 1 aliphatic rings. The van der Waals surface area contributed by atoms with Gasteiger partial charge in [-0.15, -0.1) is 0 Å². The van der Waals surface area contributed by atoms with Crippen LogP contribution in [0.4, 0.5) is 0 Å². The molecule has 0 bridgehead atoms. The van der Waals surface area contributed by atoms with E-state index >= 15 is 0 Å². The van der Waals surface area contributed by atoms with Crippen LogP contribution in [0.2, 0.25) is 0 Å². The number of benzene rings is 1. The number of ketones is 1. The predicted molar refractivity (Wildman–Crippen MR) is 105 cm³/mol. The number of carbonyl (C=O) groups is 2. The zero-order valence-electron chi connectivity index (χ0n) is 15.7. The molecule has 3 rings (SSSR count). The summed E-state index contributed by atoms with van der Waals surface area (Å²) in [5, 5.41) is 0. The van der Waals surface area contributed by atoms with Gasteiger partial charge in [-0.1, -0.05) is 56.0 Å². The highest BCUT2D eigenvalue weighted by Gasteiger charge is 2.18. The Kier molecular flexibility index (Phi) is 6.58. The van der Waals surface area contributed by atoms with Gasteiger partial charge in [-0.25, -0.2) is 9.78 Å². The predicted octanol–water partition coefficient (Wildman–Crippen LogP) is 4.56. The summed E-state index contributed by atoms with van der Waals surface area (Å²) in [6.45, 7) is 1.73. The molecule has 1 fully saturated rings. The first-order valence-electron chi connectivity index (χ1n) is 9.63. The Morgan fingerprint density at radius 2 is 1.96 bits per heavy atom. The number of hydrogen-bond acceptors (Lipinski definition) is 4. The van der Waals surface area contributed by atoms with Gasteiger partial charge in [0, 0.05) is 5.56 Å². The second-order valence-electron chi connectivity index (χ2n) is 7.10. The van der Waals surface area contributed by atoms with Gasteiger partial charge in [-0.3, -0.25) is 4.79 Å². The molecule has 5 heteroatoms. The number of carbonyl (C=O) groups excluding carboxylic acids is 2. The van der Waals surface area contributed by atoms with E-state index in [-0.39, 0.29) is 11.4 Å². The number of aromatic amines is 1. The van der Waals surface area contributed by atoms with Gasteiger partial charge in [-0.05, 0) is 31.8 Å². The number of H-pyrrole nitrogens is 1. The Hall–Kier alpha value is -2.69. The number of nitrogens with zero attached hydrogens (tertiary/aromatic N) is 1. The molecule has 142 valence electrons. The van der Waals surface area contributed by atoms with Gasteiger partial charge in [0.25, 0.3) is 0 Å². The van der Waals surface area contributed by atoms with Crippen LogP contribution in [-0.2, 0) is 14.3 Å². The first kappa shape index (κ1) is 19.1. The molecule has 0 spiro atoms. The van der Waals surface area contributed by atoms with E-state index in [9.17, 15) is 9.59 Å². The van der Waals surface area contributed by atoms with E-state index in [1.54, 1.807) is 6.20 Å². The molecule has 1 saturated carbocycles. The molecule has 1 N–H and O–H groups in total. The number of hydrogen-bond donors (Lipinski definition) is 1. The Bertz CT molecular complexity index is 802. The summed E-state index contributed by atoms with van der Waals surface area (Å²) in [5.41, 5.74) is 1.58. The van der Waals surface area contributed by atoms with Crippen molar-refractivity contribution in [3.8, 4) is 11.4 Å². The number of rotatable bonds is 8. The highest BCUT2D eigenvalue weighted by molar-refractivity contribution is 6.19. The first-order chi connectivity index (χ1) is 13.1. The monoisotopic (exact) mass is 366 g/mol. The van der Waals surface area contributed by atoms with Crippen molar-refractivity contribution in [2.24, 2.45) is 5.92 Å². The Balaban J connectivity index is 1.59. The Morgan fingerprint density at radius 3 is 2.67 bits per heavy atom. The molecule has 1 aromatic carbocycles. The molecule has 5 nitrogen and oxygen atoms in total. The maximum absolute atomic E-state index is 12.3. The lowest BCUT2D eigenvalue weighted by Gasteiger charge is -2.09. The lowest BCUT2D eigenvalue weighted by Crippen LogP contribution is -2.14. The van der Waals surface area contributed by atoms with Crippen molar-refractivity contribution in [3.63, 3.8) is 0 Å². The Labute approximate surface area is 159 Å². The zero-order chi connectivity index (χ0) is 19.1. The topological polar surface area (TPSA) is 72.0 Å². The number of nitrogens with one attached hydrogen (secondary N) is 1. The lowest BCUT2D eigenvalue weighted by atomic mass is 10.0. The van der Waals surface area contributed by atoms with Gasteiger partial charge in [0.1, 0.15) is 11.4 Å². The summed E-state index contributed by atoms with van der Waals surface area (Å²) in [6.07, 6.45) is 10.3. The molecule has 1 heterocycles. The van der Waals surface area contributed by atoms with Gasteiger partial charge in [0.15, 0.2) is 5.78 Å². The van der Waals surface area contributed by atoms with Crippen LogP contribution in [0.15, 0.2) is 42.1 Å². The minimum atomic E-state index is -0.565. The summed E-state index contributed by atoms with van der Waals surface area (Å²) in [7, 11) is 0. The van der Waals surface area contributed by atoms with Crippen molar-refractivity contribution < 1.29 is 14.3 Å². The average Bonchev–Trinajstić information content (AvgIpc) is 3.35. The third-order valence-electron chi connectivity index (χ3n) is 5.01. The maximum atomic E-state index is 12.3. The molecule has 0 saturated heterocycles. The highest BCUT2D eigenvalue weighted by Crippen LogP contribution is 2.28. The minimum absolute atomic E-state index is 0.0409. The smallest absolute Gasteiger partial charge is 0.341 e. The van der Waals surface area contributed by atoms with Crippen LogP contribution in [0.1, 0.15) is 51.1 Å². The van der Waals surface area contributed by atoms with Crippen LogP contribution in [0.3, 0.4) is 0 Å². The molecule has 0 unspecified atom stereocenters. The average molecular weight is 366 g/mol. The molecule has 2 aromatic rings. The van der Waals surface area contributed by atoms with E-state index in [4.69, 9.17) is 4.74 Å². The van der Waals surface area contributed by atoms with Gasteiger partial charge in [-0.2, -0.15) is 0 Å². The third kappa shape index (κ3) is 5.39. The van der Waals surface area contributed by atoms with E-state index in [1.807, 2.05) is 30.3 Å². The number of esters is 1. The summed E-state index contributed by atoms with van der Waals surface area (Å²) < 4.78 is 5.33. The van der Waals surface area contributed by atoms with E-state index in [0.29, 0.717) is 18.1 Å². The summed E-state index contributed by atoms with van der Waals surface area (Å²) in [5.74, 6) is 0.582. The van der Waals surface area contributed by atoms with Crippen LogP contribution in [0, 0.1) is 5.92 Å². The van der Waals surface area contributed by atoms with Crippen molar-refractivity contribution in [2.75, 3.05) is 6.61 Å². The van der Waals surface area contributed by atoms with E-state index in [1.165, 1.54) is 38.7 Å². The van der Waals surface area contributed by atoms with Crippen molar-refractivity contribution >= 4 is 17.8 Å². The fourth-order valence-corrected chi connectivity index (χ4v) is 3.52. The second-order valence-corrected chi connectivity index (χ2v) is 7.10. The maximum Gasteiger partial charge on any atom is 0.341 e. The number of Topliss-reactive ketones (excluding diaryl/α,β-unsaturated/α-hetero) is 1. The molecule has 27 heavy (non-hydrogen) atoms. The standard InChI is InChI=1S/C22H26N2O3/c1-16(25)20(22(26)27-13-7-10-17-8-5-6-9-17)14-19-15-23-21(24-19)18-11-3-2-4-12-18/h2-4,11-12,14-15,17H,5-10,13H2,1H3,(H,23,24)/b20-14-.